The third-order valence-corrected chi connectivity index (χ3v) is 3.15. The molecule has 1 unspecified atom stereocenters. The van der Waals surface area contributed by atoms with Crippen molar-refractivity contribution in [1.82, 2.24) is 9.80 Å². The Balaban J connectivity index is 0. The average molecular weight is 300 g/mol. The second-order valence-electron chi connectivity index (χ2n) is 5.68. The van der Waals surface area contributed by atoms with E-state index in [4.69, 9.17) is 5.73 Å². The van der Waals surface area contributed by atoms with Crippen LogP contribution in [0.2, 0.25) is 0 Å². The van der Waals surface area contributed by atoms with Crippen molar-refractivity contribution in [2.75, 3.05) is 33.7 Å². The number of amides is 1. The Labute approximate surface area is 123 Å². The van der Waals surface area contributed by atoms with E-state index in [1.165, 1.54) is 19.4 Å². The summed E-state index contributed by atoms with van der Waals surface area (Å²) in [6.07, 6.45) is 2.45. The van der Waals surface area contributed by atoms with Gasteiger partial charge in [-0.05, 0) is 46.2 Å². The van der Waals surface area contributed by atoms with Gasteiger partial charge < -0.3 is 15.5 Å². The van der Waals surface area contributed by atoms with Gasteiger partial charge in [-0.3, -0.25) is 4.79 Å². The number of rotatable bonds is 3. The summed E-state index contributed by atoms with van der Waals surface area (Å²) in [6.45, 7) is 6.61. The minimum atomic E-state index is -0.755. The minimum Gasteiger partial charge on any atom is -0.344 e. The summed E-state index contributed by atoms with van der Waals surface area (Å²) in [5.74, 6) is 0.621. The van der Waals surface area contributed by atoms with Crippen LogP contribution in [0.15, 0.2) is 0 Å². The molecule has 2 N–H and O–H groups in total. The van der Waals surface area contributed by atoms with Crippen molar-refractivity contribution in [3.63, 3.8) is 0 Å². The first-order chi connectivity index (χ1) is 7.30. The highest BCUT2D eigenvalue weighted by Gasteiger charge is 2.28. The van der Waals surface area contributed by atoms with Gasteiger partial charge in [0.05, 0.1) is 5.54 Å². The third-order valence-electron chi connectivity index (χ3n) is 3.15. The van der Waals surface area contributed by atoms with E-state index in [1.54, 1.807) is 18.7 Å². The number of carbonyl (C=O) groups excluding carboxylic acids is 1. The number of hydrogen-bond acceptors (Lipinski definition) is 3. The van der Waals surface area contributed by atoms with Gasteiger partial charge in [-0.25, -0.2) is 0 Å². The molecule has 1 atom stereocenters. The summed E-state index contributed by atoms with van der Waals surface area (Å²) in [4.78, 5) is 16.0. The first kappa shape index (κ1) is 20.3. The molecular formula is C12H27Cl2N3O. The van der Waals surface area contributed by atoms with Crippen molar-refractivity contribution in [2.24, 2.45) is 11.7 Å². The van der Waals surface area contributed by atoms with E-state index in [0.29, 0.717) is 5.92 Å². The molecule has 0 aromatic rings. The van der Waals surface area contributed by atoms with Crippen LogP contribution in [0.4, 0.5) is 0 Å². The van der Waals surface area contributed by atoms with Gasteiger partial charge in [0, 0.05) is 20.1 Å². The lowest BCUT2D eigenvalue weighted by Gasteiger charge is -2.34. The fraction of sp³-hybridized carbons (Fsp3) is 0.917. The molecule has 1 fully saturated rings. The molecule has 6 heteroatoms. The lowest BCUT2D eigenvalue weighted by atomic mass is 9.97. The van der Waals surface area contributed by atoms with E-state index < -0.39 is 5.54 Å². The standard InChI is InChI=1S/C12H25N3O.2ClH/c1-12(2,13)11(16)15(4)9-10-6-5-7-14(3)8-10;;/h10H,5-9,13H2,1-4H3;2*1H. The molecule has 0 aliphatic carbocycles. The van der Waals surface area contributed by atoms with Crippen molar-refractivity contribution < 1.29 is 4.79 Å². The van der Waals surface area contributed by atoms with Gasteiger partial charge in [-0.2, -0.15) is 0 Å². The van der Waals surface area contributed by atoms with Crippen molar-refractivity contribution in [3.05, 3.63) is 0 Å². The number of likely N-dealkylation sites (tertiary alicyclic amines) is 1. The fourth-order valence-corrected chi connectivity index (χ4v) is 2.38. The van der Waals surface area contributed by atoms with Crippen molar-refractivity contribution >= 4 is 30.7 Å². The fourth-order valence-electron chi connectivity index (χ4n) is 2.38. The Morgan fingerprint density at radius 3 is 2.44 bits per heavy atom. The number of carbonyl (C=O) groups is 1. The van der Waals surface area contributed by atoms with Gasteiger partial charge >= 0.3 is 0 Å². The van der Waals surface area contributed by atoms with Crippen LogP contribution in [0.3, 0.4) is 0 Å². The van der Waals surface area contributed by atoms with Crippen molar-refractivity contribution in [1.29, 1.82) is 0 Å². The van der Waals surface area contributed by atoms with Gasteiger partial charge in [0.1, 0.15) is 0 Å². The predicted octanol–water partition coefficient (Wildman–Crippen LogP) is 1.37. The van der Waals surface area contributed by atoms with Gasteiger partial charge in [-0.1, -0.05) is 0 Å². The molecule has 1 heterocycles. The van der Waals surface area contributed by atoms with Crippen molar-refractivity contribution in [2.45, 2.75) is 32.2 Å². The number of halogens is 2. The first-order valence-electron chi connectivity index (χ1n) is 6.03. The van der Waals surface area contributed by atoms with Crippen LogP contribution in [0.25, 0.3) is 0 Å². The summed E-state index contributed by atoms with van der Waals surface area (Å²) in [5, 5.41) is 0. The molecular weight excluding hydrogens is 273 g/mol. The summed E-state index contributed by atoms with van der Waals surface area (Å²) in [5.41, 5.74) is 5.06. The summed E-state index contributed by atoms with van der Waals surface area (Å²) in [6, 6.07) is 0. The molecule has 1 aliphatic heterocycles. The smallest absolute Gasteiger partial charge is 0.241 e. The lowest BCUT2D eigenvalue weighted by molar-refractivity contribution is -0.135. The zero-order valence-corrected chi connectivity index (χ0v) is 13.4. The Bertz CT molecular complexity index is 256. The number of hydrogen-bond donors (Lipinski definition) is 1. The molecule has 1 rings (SSSR count). The molecule has 0 bridgehead atoms. The van der Waals surface area contributed by atoms with Gasteiger partial charge in [0.25, 0.3) is 0 Å². The second-order valence-corrected chi connectivity index (χ2v) is 5.68. The number of piperidine rings is 1. The van der Waals surface area contributed by atoms with Gasteiger partial charge in [0.15, 0.2) is 0 Å². The molecule has 0 aromatic heterocycles. The topological polar surface area (TPSA) is 49.6 Å². The average Bonchev–Trinajstić information content (AvgIpc) is 2.15. The van der Waals surface area contributed by atoms with Crippen LogP contribution >= 0.6 is 24.8 Å². The van der Waals surface area contributed by atoms with E-state index in [9.17, 15) is 4.79 Å². The monoisotopic (exact) mass is 299 g/mol. The summed E-state index contributed by atoms with van der Waals surface area (Å²) >= 11 is 0. The zero-order chi connectivity index (χ0) is 12.3. The number of likely N-dealkylation sites (N-methyl/N-ethyl adjacent to an activating group) is 1. The van der Waals surface area contributed by atoms with Crippen molar-refractivity contribution in [3.8, 4) is 0 Å². The lowest BCUT2D eigenvalue weighted by Crippen LogP contribution is -2.51. The largest absolute Gasteiger partial charge is 0.344 e. The van der Waals surface area contributed by atoms with E-state index in [0.717, 1.165) is 13.1 Å². The highest BCUT2D eigenvalue weighted by atomic mass is 35.5. The maximum Gasteiger partial charge on any atom is 0.241 e. The molecule has 4 nitrogen and oxygen atoms in total. The molecule has 0 aromatic carbocycles. The minimum absolute atomic E-state index is 0. The highest BCUT2D eigenvalue weighted by Crippen LogP contribution is 2.16. The van der Waals surface area contributed by atoms with Crippen LogP contribution in [0.1, 0.15) is 26.7 Å². The quantitative estimate of drug-likeness (QED) is 0.856. The maximum absolute atomic E-state index is 11.9. The Morgan fingerprint density at radius 2 is 2.00 bits per heavy atom. The maximum atomic E-state index is 11.9. The Kier molecular flexibility index (Phi) is 9.25. The molecule has 18 heavy (non-hydrogen) atoms. The number of nitrogens with two attached hydrogens (primary N) is 1. The Morgan fingerprint density at radius 1 is 1.44 bits per heavy atom. The molecule has 0 saturated carbocycles. The van der Waals surface area contributed by atoms with E-state index in [-0.39, 0.29) is 30.7 Å². The zero-order valence-electron chi connectivity index (χ0n) is 11.8. The van der Waals surface area contributed by atoms with Crippen LogP contribution in [-0.2, 0) is 4.79 Å². The van der Waals surface area contributed by atoms with E-state index >= 15 is 0 Å². The molecule has 1 aliphatic rings. The normalized spacial score (nSPS) is 20.6. The van der Waals surface area contributed by atoms with Gasteiger partial charge in [0.2, 0.25) is 5.91 Å². The highest BCUT2D eigenvalue weighted by molar-refractivity contribution is 5.85. The number of nitrogens with zero attached hydrogens (tertiary/aromatic N) is 2. The molecule has 1 saturated heterocycles. The van der Waals surface area contributed by atoms with Gasteiger partial charge in [-0.15, -0.1) is 24.8 Å². The Hall–Kier alpha value is -0.0300. The predicted molar refractivity (Wildman–Crippen MR) is 80.6 cm³/mol. The second kappa shape index (κ2) is 8.20. The van der Waals surface area contributed by atoms with Crippen LogP contribution in [0.5, 0.6) is 0 Å². The molecule has 0 spiro atoms. The third kappa shape index (κ3) is 6.23. The van der Waals surface area contributed by atoms with E-state index in [1.807, 2.05) is 7.05 Å². The first-order valence-corrected chi connectivity index (χ1v) is 6.03. The summed E-state index contributed by atoms with van der Waals surface area (Å²) in [7, 11) is 3.99. The summed E-state index contributed by atoms with van der Waals surface area (Å²) < 4.78 is 0. The molecule has 0 radical (unpaired) electrons. The molecule has 1 amide bonds. The van der Waals surface area contributed by atoms with E-state index in [2.05, 4.69) is 11.9 Å². The van der Waals surface area contributed by atoms with Crippen LogP contribution in [-0.4, -0.2) is 55.0 Å². The SMILES string of the molecule is CN1CCCC(CN(C)C(=O)C(C)(C)N)C1.Cl.Cl. The molecule has 110 valence electrons. The van der Waals surface area contributed by atoms with Crippen LogP contribution in [0, 0.1) is 5.92 Å². The van der Waals surface area contributed by atoms with Crippen LogP contribution < -0.4 is 5.73 Å².